The van der Waals surface area contributed by atoms with Crippen molar-refractivity contribution in [3.63, 3.8) is 0 Å². The summed E-state index contributed by atoms with van der Waals surface area (Å²) in [5.74, 6) is -1.10. The molecule has 0 spiro atoms. The van der Waals surface area contributed by atoms with Crippen LogP contribution in [0.3, 0.4) is 0 Å². The number of aromatic nitrogens is 4. The van der Waals surface area contributed by atoms with Gasteiger partial charge in [-0.05, 0) is 17.6 Å². The Morgan fingerprint density at radius 2 is 1.96 bits per heavy atom. The lowest BCUT2D eigenvalue weighted by molar-refractivity contribution is -0.141. The molecule has 1 saturated heterocycles. The second kappa shape index (κ2) is 7.00. The van der Waals surface area contributed by atoms with Gasteiger partial charge in [-0.2, -0.15) is 4.80 Å². The number of nitrogens with zero attached hydrogens (tertiary/aromatic N) is 5. The zero-order valence-corrected chi connectivity index (χ0v) is 14.2. The van der Waals surface area contributed by atoms with Crippen molar-refractivity contribution in [3.05, 3.63) is 30.3 Å². The molecule has 1 amide bonds. The maximum atomic E-state index is 12.9. The van der Waals surface area contributed by atoms with Crippen molar-refractivity contribution in [1.29, 1.82) is 0 Å². The summed E-state index contributed by atoms with van der Waals surface area (Å²) in [6, 6.07) is 8.84. The molecule has 3 rings (SSSR count). The molecular weight excluding hydrogens is 322 g/mol. The van der Waals surface area contributed by atoms with Crippen LogP contribution < -0.4 is 0 Å². The van der Waals surface area contributed by atoms with Crippen LogP contribution in [0.1, 0.15) is 26.3 Å². The number of carboxylic acid groups (broad SMARTS) is 1. The average Bonchev–Trinajstić information content (AvgIpc) is 3.25. The van der Waals surface area contributed by atoms with Crippen molar-refractivity contribution in [2.45, 2.75) is 26.3 Å². The Morgan fingerprint density at radius 1 is 1.24 bits per heavy atom. The number of rotatable bonds is 5. The number of carbonyl (C=O) groups excluding carboxylic acids is 1. The number of amides is 1. The second-order valence-electron chi connectivity index (χ2n) is 6.60. The van der Waals surface area contributed by atoms with Crippen LogP contribution in [-0.4, -0.2) is 55.2 Å². The van der Waals surface area contributed by atoms with Crippen LogP contribution in [0.25, 0.3) is 11.4 Å². The molecule has 2 heterocycles. The standard InChI is InChI=1S/C17H21N5O3/c1-11(2)14(16(23)21-9-8-13(10-21)17(24)25)22-19-15(18-20-22)12-6-4-3-5-7-12/h3-7,11,13-14H,8-10H2,1-2H3,(H,24,25)/t13-,14-/m0/s1. The first kappa shape index (κ1) is 17.1. The Labute approximate surface area is 145 Å². The molecule has 2 atom stereocenters. The van der Waals surface area contributed by atoms with Gasteiger partial charge in [0.05, 0.1) is 5.92 Å². The molecule has 1 fully saturated rings. The predicted molar refractivity (Wildman–Crippen MR) is 89.5 cm³/mol. The van der Waals surface area contributed by atoms with Crippen molar-refractivity contribution in [1.82, 2.24) is 25.1 Å². The van der Waals surface area contributed by atoms with Gasteiger partial charge >= 0.3 is 5.97 Å². The van der Waals surface area contributed by atoms with Gasteiger partial charge in [-0.1, -0.05) is 44.2 Å². The van der Waals surface area contributed by atoms with Gasteiger partial charge in [0.25, 0.3) is 0 Å². The minimum atomic E-state index is -0.860. The van der Waals surface area contributed by atoms with Crippen molar-refractivity contribution in [2.75, 3.05) is 13.1 Å². The highest BCUT2D eigenvalue weighted by atomic mass is 16.4. The van der Waals surface area contributed by atoms with E-state index < -0.39 is 17.9 Å². The topological polar surface area (TPSA) is 101 Å². The number of carboxylic acids is 1. The van der Waals surface area contributed by atoms with Gasteiger partial charge in [0, 0.05) is 18.7 Å². The van der Waals surface area contributed by atoms with Crippen molar-refractivity contribution in [2.24, 2.45) is 11.8 Å². The fourth-order valence-corrected chi connectivity index (χ4v) is 3.05. The van der Waals surface area contributed by atoms with E-state index in [0.29, 0.717) is 18.8 Å². The Morgan fingerprint density at radius 3 is 2.56 bits per heavy atom. The third kappa shape index (κ3) is 3.52. The summed E-state index contributed by atoms with van der Waals surface area (Å²) in [5, 5.41) is 21.6. The zero-order valence-electron chi connectivity index (χ0n) is 14.2. The van der Waals surface area contributed by atoms with Gasteiger partial charge in [0.1, 0.15) is 0 Å². The van der Waals surface area contributed by atoms with E-state index in [-0.39, 0.29) is 18.4 Å². The molecule has 2 aromatic rings. The number of benzene rings is 1. The van der Waals surface area contributed by atoms with Crippen molar-refractivity contribution < 1.29 is 14.7 Å². The molecule has 0 bridgehead atoms. The van der Waals surface area contributed by atoms with Crippen LogP contribution in [0.15, 0.2) is 30.3 Å². The zero-order chi connectivity index (χ0) is 18.0. The first-order valence-electron chi connectivity index (χ1n) is 8.34. The summed E-state index contributed by atoms with van der Waals surface area (Å²) >= 11 is 0. The van der Waals surface area contributed by atoms with E-state index in [4.69, 9.17) is 5.11 Å². The van der Waals surface area contributed by atoms with E-state index >= 15 is 0 Å². The molecular formula is C17H21N5O3. The normalized spacial score (nSPS) is 18.5. The Kier molecular flexibility index (Phi) is 4.78. The number of aliphatic carboxylic acids is 1. The van der Waals surface area contributed by atoms with E-state index in [9.17, 15) is 9.59 Å². The summed E-state index contributed by atoms with van der Waals surface area (Å²) in [6.07, 6.45) is 0.478. The number of hydrogen-bond acceptors (Lipinski definition) is 5. The van der Waals surface area contributed by atoms with E-state index in [2.05, 4.69) is 15.4 Å². The number of carbonyl (C=O) groups is 2. The van der Waals surface area contributed by atoms with Gasteiger partial charge in [0.2, 0.25) is 11.7 Å². The van der Waals surface area contributed by atoms with Gasteiger partial charge in [0.15, 0.2) is 6.04 Å². The van der Waals surface area contributed by atoms with Crippen LogP contribution >= 0.6 is 0 Å². The third-order valence-electron chi connectivity index (χ3n) is 4.44. The SMILES string of the molecule is CC(C)[C@@H](C(=O)N1CC[C@H](C(=O)O)C1)n1nnc(-c2ccccc2)n1. The average molecular weight is 343 g/mol. The van der Waals surface area contributed by atoms with Crippen LogP contribution in [0, 0.1) is 11.8 Å². The molecule has 132 valence electrons. The maximum Gasteiger partial charge on any atom is 0.308 e. The van der Waals surface area contributed by atoms with E-state index in [1.807, 2.05) is 44.2 Å². The van der Waals surface area contributed by atoms with E-state index in [1.165, 1.54) is 4.80 Å². The Hall–Kier alpha value is -2.77. The molecule has 25 heavy (non-hydrogen) atoms. The van der Waals surface area contributed by atoms with Crippen LogP contribution in [-0.2, 0) is 9.59 Å². The second-order valence-corrected chi connectivity index (χ2v) is 6.60. The summed E-state index contributed by atoms with van der Waals surface area (Å²) in [5.41, 5.74) is 0.829. The monoisotopic (exact) mass is 343 g/mol. The number of hydrogen-bond donors (Lipinski definition) is 1. The van der Waals surface area contributed by atoms with Crippen LogP contribution in [0.5, 0.6) is 0 Å². The lowest BCUT2D eigenvalue weighted by atomic mass is 10.0. The van der Waals surface area contributed by atoms with Crippen molar-refractivity contribution >= 4 is 11.9 Å². The molecule has 1 aliphatic heterocycles. The maximum absolute atomic E-state index is 12.9. The van der Waals surface area contributed by atoms with Crippen molar-refractivity contribution in [3.8, 4) is 11.4 Å². The summed E-state index contributed by atoms with van der Waals surface area (Å²) in [6.45, 7) is 4.51. The molecule has 0 saturated carbocycles. The minimum Gasteiger partial charge on any atom is -0.481 e. The predicted octanol–water partition coefficient (Wildman–Crippen LogP) is 1.47. The molecule has 0 radical (unpaired) electrons. The van der Waals surface area contributed by atoms with Gasteiger partial charge in [-0.15, -0.1) is 10.2 Å². The van der Waals surface area contributed by atoms with Gasteiger partial charge in [-0.3, -0.25) is 9.59 Å². The van der Waals surface area contributed by atoms with E-state index in [0.717, 1.165) is 5.56 Å². The third-order valence-corrected chi connectivity index (χ3v) is 4.44. The molecule has 0 aliphatic carbocycles. The number of tetrazole rings is 1. The Bertz CT molecular complexity index is 759. The van der Waals surface area contributed by atoms with Gasteiger partial charge in [-0.25, -0.2) is 0 Å². The quantitative estimate of drug-likeness (QED) is 0.882. The summed E-state index contributed by atoms with van der Waals surface area (Å²) in [4.78, 5) is 27.0. The molecule has 8 nitrogen and oxygen atoms in total. The molecule has 1 aromatic carbocycles. The molecule has 8 heteroatoms. The molecule has 1 aliphatic rings. The summed E-state index contributed by atoms with van der Waals surface area (Å²) in [7, 11) is 0. The van der Waals surface area contributed by atoms with Crippen LogP contribution in [0.4, 0.5) is 0 Å². The minimum absolute atomic E-state index is 0.0470. The van der Waals surface area contributed by atoms with E-state index in [1.54, 1.807) is 4.90 Å². The number of likely N-dealkylation sites (tertiary alicyclic amines) is 1. The lowest BCUT2D eigenvalue weighted by Gasteiger charge is -2.24. The van der Waals surface area contributed by atoms with Crippen LogP contribution in [0.2, 0.25) is 0 Å². The molecule has 1 aromatic heterocycles. The fraction of sp³-hybridized carbons (Fsp3) is 0.471. The summed E-state index contributed by atoms with van der Waals surface area (Å²) < 4.78 is 0. The molecule has 1 N–H and O–H groups in total. The smallest absolute Gasteiger partial charge is 0.308 e. The van der Waals surface area contributed by atoms with Gasteiger partial charge < -0.3 is 10.0 Å². The highest BCUT2D eigenvalue weighted by Gasteiger charge is 2.37. The highest BCUT2D eigenvalue weighted by Crippen LogP contribution is 2.25. The first-order valence-corrected chi connectivity index (χ1v) is 8.34. The lowest BCUT2D eigenvalue weighted by Crippen LogP contribution is -2.39. The first-order chi connectivity index (χ1) is 12.0. The Balaban J connectivity index is 1.81. The fourth-order valence-electron chi connectivity index (χ4n) is 3.05. The molecule has 0 unspecified atom stereocenters. The largest absolute Gasteiger partial charge is 0.481 e. The highest BCUT2D eigenvalue weighted by molar-refractivity contribution is 5.82.